The molecule has 3 aromatic rings. The number of hydrogen-bond acceptors (Lipinski definition) is 6. The monoisotopic (exact) mass is 489 g/mol. The molecule has 1 aromatic heterocycles. The summed E-state index contributed by atoms with van der Waals surface area (Å²) in [7, 11) is 0. The molecule has 2 aliphatic rings. The van der Waals surface area contributed by atoms with Crippen LogP contribution in [0.25, 0.3) is 11.5 Å². The van der Waals surface area contributed by atoms with Crippen LogP contribution < -0.4 is 0 Å². The molecule has 1 amide bonds. The lowest BCUT2D eigenvalue weighted by Crippen LogP contribution is -2.46. The summed E-state index contributed by atoms with van der Waals surface area (Å²) in [5.74, 6) is -1.06. The number of aliphatic hydroxyl groups is 1. The fourth-order valence-electron chi connectivity index (χ4n) is 4.76. The highest BCUT2D eigenvalue weighted by Gasteiger charge is 2.41. The standard InChI is InChI=1S/C24H22ClF2N3O4/c25-17-3-1-2-14(10-17)20(31)19(13-6-8-33-9-7-13)30-12-16-5-4-15(11-18(16)24(30)32)22-28-29-23(34-22)21(26)27/h1-5,10-11,13,19-21,31H,6-9,12H2/t19-,20+/m1/s1. The molecule has 34 heavy (non-hydrogen) atoms. The van der Waals surface area contributed by atoms with Crippen molar-refractivity contribution in [3.63, 3.8) is 0 Å². The Balaban J connectivity index is 1.47. The van der Waals surface area contributed by atoms with Crippen molar-refractivity contribution < 1.29 is 27.8 Å². The molecule has 3 heterocycles. The summed E-state index contributed by atoms with van der Waals surface area (Å²) in [6.45, 7) is 1.44. The molecule has 0 saturated carbocycles. The lowest BCUT2D eigenvalue weighted by atomic mass is 9.84. The minimum Gasteiger partial charge on any atom is -0.415 e. The maximum atomic E-state index is 13.6. The molecule has 2 atom stereocenters. The van der Waals surface area contributed by atoms with Gasteiger partial charge >= 0.3 is 6.43 Å². The molecule has 1 N–H and O–H groups in total. The van der Waals surface area contributed by atoms with Crippen LogP contribution in [0.3, 0.4) is 0 Å². The van der Waals surface area contributed by atoms with E-state index in [0.29, 0.717) is 54.3 Å². The van der Waals surface area contributed by atoms with Crippen LogP contribution in [0.2, 0.25) is 5.02 Å². The Kier molecular flexibility index (Phi) is 6.33. The number of aliphatic hydroxyl groups excluding tert-OH is 1. The Morgan fingerprint density at radius 2 is 1.91 bits per heavy atom. The van der Waals surface area contributed by atoms with E-state index in [0.717, 1.165) is 5.56 Å². The Morgan fingerprint density at radius 1 is 1.12 bits per heavy atom. The second-order valence-electron chi connectivity index (χ2n) is 8.49. The number of ether oxygens (including phenoxy) is 1. The highest BCUT2D eigenvalue weighted by molar-refractivity contribution is 6.30. The van der Waals surface area contributed by atoms with Crippen molar-refractivity contribution in [2.24, 2.45) is 5.92 Å². The number of alkyl halides is 2. The van der Waals surface area contributed by atoms with Gasteiger partial charge in [0.2, 0.25) is 5.89 Å². The minimum atomic E-state index is -2.87. The van der Waals surface area contributed by atoms with Gasteiger partial charge in [0.15, 0.2) is 0 Å². The molecule has 0 radical (unpaired) electrons. The zero-order valence-corrected chi connectivity index (χ0v) is 18.8. The van der Waals surface area contributed by atoms with Gasteiger partial charge in [0.05, 0.1) is 12.1 Å². The number of amides is 1. The number of fused-ring (bicyclic) bond motifs is 1. The van der Waals surface area contributed by atoms with Gasteiger partial charge < -0.3 is 19.2 Å². The summed E-state index contributed by atoms with van der Waals surface area (Å²) in [6, 6.07) is 11.5. The second kappa shape index (κ2) is 9.40. The van der Waals surface area contributed by atoms with E-state index >= 15 is 0 Å². The van der Waals surface area contributed by atoms with Crippen molar-refractivity contribution in [2.75, 3.05) is 13.2 Å². The van der Waals surface area contributed by atoms with Gasteiger partial charge in [-0.2, -0.15) is 8.78 Å². The lowest BCUT2D eigenvalue weighted by molar-refractivity contribution is -0.0213. The molecule has 178 valence electrons. The SMILES string of the molecule is O=C1c2cc(-c3nnc(C(F)F)o3)ccc2CN1[C@H](C1CCOCC1)[C@@H](O)c1cccc(Cl)c1. The van der Waals surface area contributed by atoms with Crippen LogP contribution in [0, 0.1) is 5.92 Å². The fraction of sp³-hybridized carbons (Fsp3) is 0.375. The zero-order chi connectivity index (χ0) is 23.8. The van der Waals surface area contributed by atoms with Crippen LogP contribution in [-0.2, 0) is 11.3 Å². The van der Waals surface area contributed by atoms with E-state index in [4.69, 9.17) is 20.8 Å². The molecule has 2 aromatic carbocycles. The first-order valence-electron chi connectivity index (χ1n) is 11.0. The third-order valence-corrected chi connectivity index (χ3v) is 6.67. The molecule has 5 rings (SSSR count). The maximum absolute atomic E-state index is 13.6. The number of carbonyl (C=O) groups excluding carboxylic acids is 1. The smallest absolute Gasteiger partial charge is 0.314 e. The van der Waals surface area contributed by atoms with Crippen molar-refractivity contribution in [3.05, 3.63) is 70.1 Å². The van der Waals surface area contributed by atoms with E-state index in [1.54, 1.807) is 47.4 Å². The highest BCUT2D eigenvalue weighted by atomic mass is 35.5. The Hall–Kier alpha value is -2.88. The molecule has 0 bridgehead atoms. The summed E-state index contributed by atoms with van der Waals surface area (Å²) >= 11 is 6.16. The van der Waals surface area contributed by atoms with Crippen LogP contribution >= 0.6 is 11.6 Å². The number of aromatic nitrogens is 2. The van der Waals surface area contributed by atoms with E-state index < -0.39 is 24.5 Å². The second-order valence-corrected chi connectivity index (χ2v) is 8.93. The summed E-state index contributed by atoms with van der Waals surface area (Å²) in [5, 5.41) is 18.9. The summed E-state index contributed by atoms with van der Waals surface area (Å²) in [5.41, 5.74) is 2.22. The van der Waals surface area contributed by atoms with Crippen LogP contribution in [0.15, 0.2) is 46.9 Å². The molecule has 0 aliphatic carbocycles. The van der Waals surface area contributed by atoms with Crippen LogP contribution in [0.4, 0.5) is 8.78 Å². The van der Waals surface area contributed by atoms with Gasteiger partial charge in [-0.1, -0.05) is 29.8 Å². The van der Waals surface area contributed by atoms with E-state index in [9.17, 15) is 18.7 Å². The van der Waals surface area contributed by atoms with Gasteiger partial charge in [0.25, 0.3) is 11.8 Å². The molecule has 10 heteroatoms. The van der Waals surface area contributed by atoms with E-state index in [1.807, 2.05) is 0 Å². The molecule has 2 aliphatic heterocycles. The predicted octanol–water partition coefficient (Wildman–Crippen LogP) is 4.81. The Bertz CT molecular complexity index is 1200. The first-order valence-corrected chi connectivity index (χ1v) is 11.4. The molecule has 0 spiro atoms. The van der Waals surface area contributed by atoms with Crippen LogP contribution in [0.5, 0.6) is 0 Å². The number of carbonyl (C=O) groups is 1. The fourth-order valence-corrected chi connectivity index (χ4v) is 4.96. The quantitative estimate of drug-likeness (QED) is 0.534. The van der Waals surface area contributed by atoms with E-state index in [1.165, 1.54) is 0 Å². The molecule has 1 saturated heterocycles. The van der Waals surface area contributed by atoms with Crippen LogP contribution in [0.1, 0.15) is 52.7 Å². The number of rotatable bonds is 6. The number of nitrogens with zero attached hydrogens (tertiary/aromatic N) is 3. The van der Waals surface area contributed by atoms with Gasteiger partial charge in [0, 0.05) is 35.9 Å². The van der Waals surface area contributed by atoms with Crippen LogP contribution in [-0.4, -0.2) is 45.4 Å². The summed E-state index contributed by atoms with van der Waals surface area (Å²) in [4.78, 5) is 15.2. The Labute approximate surface area is 199 Å². The summed E-state index contributed by atoms with van der Waals surface area (Å²) < 4.78 is 36.2. The third-order valence-electron chi connectivity index (χ3n) is 6.44. The number of hydrogen-bond donors (Lipinski definition) is 1. The normalized spacial score (nSPS) is 18.4. The van der Waals surface area contributed by atoms with Crippen molar-refractivity contribution >= 4 is 17.5 Å². The zero-order valence-electron chi connectivity index (χ0n) is 18.0. The topological polar surface area (TPSA) is 88.7 Å². The molecular formula is C24H22ClF2N3O4. The molecule has 1 fully saturated rings. The predicted molar refractivity (Wildman–Crippen MR) is 118 cm³/mol. The lowest BCUT2D eigenvalue weighted by Gasteiger charge is -2.39. The average molecular weight is 490 g/mol. The maximum Gasteiger partial charge on any atom is 0.314 e. The molecule has 7 nitrogen and oxygen atoms in total. The van der Waals surface area contributed by atoms with Gasteiger partial charge in [-0.3, -0.25) is 4.79 Å². The highest BCUT2D eigenvalue weighted by Crippen LogP contribution is 2.38. The van der Waals surface area contributed by atoms with E-state index in [2.05, 4.69) is 10.2 Å². The first-order chi connectivity index (χ1) is 16.4. The largest absolute Gasteiger partial charge is 0.415 e. The van der Waals surface area contributed by atoms with Gasteiger partial charge in [-0.25, -0.2) is 0 Å². The van der Waals surface area contributed by atoms with Crippen molar-refractivity contribution in [1.29, 1.82) is 0 Å². The number of halogens is 3. The van der Waals surface area contributed by atoms with E-state index in [-0.39, 0.29) is 17.7 Å². The molecular weight excluding hydrogens is 468 g/mol. The third kappa shape index (κ3) is 4.31. The molecule has 0 unspecified atom stereocenters. The van der Waals surface area contributed by atoms with Gasteiger partial charge in [0.1, 0.15) is 0 Å². The van der Waals surface area contributed by atoms with Crippen molar-refractivity contribution in [3.8, 4) is 11.5 Å². The van der Waals surface area contributed by atoms with Gasteiger partial charge in [-0.05, 0) is 54.2 Å². The average Bonchev–Trinajstić information content (AvgIpc) is 3.46. The van der Waals surface area contributed by atoms with Crippen molar-refractivity contribution in [1.82, 2.24) is 15.1 Å². The summed E-state index contributed by atoms with van der Waals surface area (Å²) in [6.07, 6.45) is -2.39. The number of benzene rings is 2. The van der Waals surface area contributed by atoms with Gasteiger partial charge in [-0.15, -0.1) is 10.2 Å². The Morgan fingerprint density at radius 3 is 2.62 bits per heavy atom. The first kappa shape index (κ1) is 22.9. The van der Waals surface area contributed by atoms with Crippen molar-refractivity contribution in [2.45, 2.75) is 38.0 Å². The minimum absolute atomic E-state index is 0.0324.